The van der Waals surface area contributed by atoms with E-state index in [1.165, 1.54) is 24.9 Å². The number of aryl methyl sites for hydroxylation is 1. The summed E-state index contributed by atoms with van der Waals surface area (Å²) in [4.78, 5) is 2.48. The van der Waals surface area contributed by atoms with Crippen LogP contribution in [-0.2, 0) is 5.60 Å². The van der Waals surface area contributed by atoms with Crippen molar-refractivity contribution in [2.24, 2.45) is 0 Å². The maximum Gasteiger partial charge on any atom is 0.106 e. The van der Waals surface area contributed by atoms with Gasteiger partial charge in [-0.25, -0.2) is 0 Å². The first-order valence-corrected chi connectivity index (χ1v) is 6.74. The molecule has 1 N–H and O–H groups in total. The lowest BCUT2D eigenvalue weighted by molar-refractivity contribution is -0.0138. The molecule has 2 aliphatic heterocycles. The summed E-state index contributed by atoms with van der Waals surface area (Å²) in [5, 5.41) is 11.0. The smallest absolute Gasteiger partial charge is 0.106 e. The minimum absolute atomic E-state index is 0. The summed E-state index contributed by atoms with van der Waals surface area (Å²) in [6, 6.07) is 8.75. The Bertz CT molecular complexity index is 423. The summed E-state index contributed by atoms with van der Waals surface area (Å²) in [5.74, 6) is 0. The Balaban J connectivity index is 0.00000120. The van der Waals surface area contributed by atoms with E-state index in [2.05, 4.69) is 36.1 Å². The van der Waals surface area contributed by atoms with E-state index in [1.807, 2.05) is 0 Å². The van der Waals surface area contributed by atoms with E-state index < -0.39 is 5.60 Å². The zero-order valence-corrected chi connectivity index (χ0v) is 11.7. The molecule has 0 bridgehead atoms. The molecule has 0 amide bonds. The quantitative estimate of drug-likeness (QED) is 0.846. The van der Waals surface area contributed by atoms with Crippen molar-refractivity contribution in [1.29, 1.82) is 0 Å². The number of halogens is 1. The highest BCUT2D eigenvalue weighted by atomic mass is 35.5. The maximum absolute atomic E-state index is 11.0. The molecule has 1 aromatic rings. The second-order valence-electron chi connectivity index (χ2n) is 5.59. The van der Waals surface area contributed by atoms with Crippen LogP contribution in [0, 0.1) is 6.92 Å². The van der Waals surface area contributed by atoms with Crippen LogP contribution in [0.1, 0.15) is 36.8 Å². The van der Waals surface area contributed by atoms with Gasteiger partial charge in [0.2, 0.25) is 0 Å². The fourth-order valence-corrected chi connectivity index (χ4v) is 3.53. The molecule has 0 spiro atoms. The van der Waals surface area contributed by atoms with Crippen LogP contribution in [0.5, 0.6) is 0 Å². The monoisotopic (exact) mass is 267 g/mol. The van der Waals surface area contributed by atoms with Crippen molar-refractivity contribution in [3.63, 3.8) is 0 Å². The Morgan fingerprint density at radius 2 is 2.11 bits per heavy atom. The van der Waals surface area contributed by atoms with Gasteiger partial charge in [-0.2, -0.15) is 0 Å². The van der Waals surface area contributed by atoms with Gasteiger partial charge in [0, 0.05) is 12.6 Å². The van der Waals surface area contributed by atoms with E-state index in [1.54, 1.807) is 0 Å². The molecule has 2 saturated heterocycles. The number of piperidine rings is 1. The highest BCUT2D eigenvalue weighted by Crippen LogP contribution is 2.42. The molecular formula is C15H22ClNO. The van der Waals surface area contributed by atoms with Crippen LogP contribution in [0.15, 0.2) is 24.3 Å². The van der Waals surface area contributed by atoms with E-state index in [9.17, 15) is 5.11 Å². The lowest BCUT2D eigenvalue weighted by Gasteiger charge is -2.37. The number of hydrogen-bond donors (Lipinski definition) is 1. The Morgan fingerprint density at radius 3 is 2.89 bits per heavy atom. The van der Waals surface area contributed by atoms with E-state index >= 15 is 0 Å². The highest BCUT2D eigenvalue weighted by Gasteiger charge is 2.47. The summed E-state index contributed by atoms with van der Waals surface area (Å²) in [7, 11) is 0. The van der Waals surface area contributed by atoms with Gasteiger partial charge in [0.15, 0.2) is 0 Å². The van der Waals surface area contributed by atoms with Crippen molar-refractivity contribution in [3.8, 4) is 0 Å². The Morgan fingerprint density at radius 1 is 1.28 bits per heavy atom. The Kier molecular flexibility index (Phi) is 4.00. The number of nitrogens with zero attached hydrogens (tertiary/aromatic N) is 1. The number of benzene rings is 1. The predicted molar refractivity (Wildman–Crippen MR) is 76.2 cm³/mol. The van der Waals surface area contributed by atoms with Crippen LogP contribution in [0.25, 0.3) is 0 Å². The fourth-order valence-electron chi connectivity index (χ4n) is 3.53. The van der Waals surface area contributed by atoms with E-state index in [4.69, 9.17) is 0 Å². The number of fused-ring (bicyclic) bond motifs is 1. The summed E-state index contributed by atoms with van der Waals surface area (Å²) in [5.41, 5.74) is 1.75. The second-order valence-corrected chi connectivity index (χ2v) is 5.59. The van der Waals surface area contributed by atoms with Crippen molar-refractivity contribution in [1.82, 2.24) is 4.90 Å². The Labute approximate surface area is 115 Å². The van der Waals surface area contributed by atoms with E-state index in [-0.39, 0.29) is 12.4 Å². The van der Waals surface area contributed by atoms with Crippen LogP contribution in [0.4, 0.5) is 0 Å². The first-order valence-electron chi connectivity index (χ1n) is 6.74. The molecule has 1 aromatic carbocycles. The molecule has 3 heteroatoms. The van der Waals surface area contributed by atoms with Crippen LogP contribution < -0.4 is 0 Å². The first kappa shape index (κ1) is 13.9. The molecule has 2 aliphatic rings. The molecule has 2 heterocycles. The topological polar surface area (TPSA) is 23.5 Å². The molecule has 2 unspecified atom stereocenters. The van der Waals surface area contributed by atoms with Gasteiger partial charge in [-0.15, -0.1) is 12.4 Å². The minimum Gasteiger partial charge on any atom is -0.383 e. The summed E-state index contributed by atoms with van der Waals surface area (Å²) in [6.07, 6.45) is 4.58. The van der Waals surface area contributed by atoms with Gasteiger partial charge in [0.05, 0.1) is 0 Å². The lowest BCUT2D eigenvalue weighted by Crippen LogP contribution is -2.45. The molecule has 0 saturated carbocycles. The van der Waals surface area contributed by atoms with Crippen LogP contribution >= 0.6 is 12.4 Å². The zero-order valence-electron chi connectivity index (χ0n) is 10.9. The van der Waals surface area contributed by atoms with Crippen LogP contribution in [-0.4, -0.2) is 29.1 Å². The average Bonchev–Trinajstić information content (AvgIpc) is 2.69. The standard InChI is InChI=1S/C15H21NO.ClH/c1-12-5-4-6-13(11-12)15(17)8-10-16-9-3-2-7-14(15)16;/h4-6,11,14,17H,2-3,7-10H2,1H3;1H. The van der Waals surface area contributed by atoms with Crippen molar-refractivity contribution >= 4 is 12.4 Å². The predicted octanol–water partition coefficient (Wildman–Crippen LogP) is 2.86. The minimum atomic E-state index is -0.605. The summed E-state index contributed by atoms with van der Waals surface area (Å²) < 4.78 is 0. The third-order valence-corrected chi connectivity index (χ3v) is 4.46. The van der Waals surface area contributed by atoms with Crippen molar-refractivity contribution < 1.29 is 5.11 Å². The lowest BCUT2D eigenvalue weighted by atomic mass is 9.82. The molecule has 0 radical (unpaired) electrons. The molecule has 3 rings (SSSR count). The SMILES string of the molecule is Cc1cccc(C2(O)CCN3CCCCC32)c1.Cl. The van der Waals surface area contributed by atoms with Crippen molar-refractivity contribution in [2.45, 2.75) is 44.2 Å². The molecule has 2 nitrogen and oxygen atoms in total. The molecule has 100 valence electrons. The molecule has 0 aliphatic carbocycles. The van der Waals surface area contributed by atoms with Crippen LogP contribution in [0.3, 0.4) is 0 Å². The summed E-state index contributed by atoms with van der Waals surface area (Å²) >= 11 is 0. The summed E-state index contributed by atoms with van der Waals surface area (Å²) in [6.45, 7) is 4.31. The van der Waals surface area contributed by atoms with Gasteiger partial charge < -0.3 is 5.11 Å². The zero-order chi connectivity index (χ0) is 11.9. The molecular weight excluding hydrogens is 246 g/mol. The Hall–Kier alpha value is -0.570. The average molecular weight is 268 g/mol. The van der Waals surface area contributed by atoms with Crippen LogP contribution in [0.2, 0.25) is 0 Å². The van der Waals surface area contributed by atoms with Gasteiger partial charge >= 0.3 is 0 Å². The molecule has 18 heavy (non-hydrogen) atoms. The largest absolute Gasteiger partial charge is 0.383 e. The van der Waals surface area contributed by atoms with Gasteiger partial charge in [0.1, 0.15) is 5.60 Å². The number of hydrogen-bond acceptors (Lipinski definition) is 2. The second kappa shape index (κ2) is 5.20. The molecule has 0 aromatic heterocycles. The van der Waals surface area contributed by atoms with E-state index in [0.717, 1.165) is 24.9 Å². The molecule has 2 fully saturated rings. The van der Waals surface area contributed by atoms with Crippen molar-refractivity contribution in [2.75, 3.05) is 13.1 Å². The van der Waals surface area contributed by atoms with Gasteiger partial charge in [-0.3, -0.25) is 4.90 Å². The third-order valence-electron chi connectivity index (χ3n) is 4.46. The highest BCUT2D eigenvalue weighted by molar-refractivity contribution is 5.85. The first-order chi connectivity index (χ1) is 8.20. The number of rotatable bonds is 1. The van der Waals surface area contributed by atoms with Gasteiger partial charge in [-0.1, -0.05) is 36.2 Å². The van der Waals surface area contributed by atoms with Gasteiger partial charge in [-0.05, 0) is 38.3 Å². The molecule has 2 atom stereocenters. The fraction of sp³-hybridized carbons (Fsp3) is 0.600. The van der Waals surface area contributed by atoms with Gasteiger partial charge in [0.25, 0.3) is 0 Å². The van der Waals surface area contributed by atoms with E-state index in [0.29, 0.717) is 6.04 Å². The number of aliphatic hydroxyl groups is 1. The maximum atomic E-state index is 11.0. The third kappa shape index (κ3) is 2.18. The van der Waals surface area contributed by atoms with Crippen molar-refractivity contribution in [3.05, 3.63) is 35.4 Å². The normalized spacial score (nSPS) is 31.8.